The van der Waals surface area contributed by atoms with Gasteiger partial charge in [0.1, 0.15) is 22.1 Å². The molecule has 1 saturated carbocycles. The highest BCUT2D eigenvalue weighted by Gasteiger charge is 2.56. The van der Waals surface area contributed by atoms with Crippen molar-refractivity contribution in [3.05, 3.63) is 33.6 Å². The number of ether oxygens (including phenoxy) is 3. The van der Waals surface area contributed by atoms with Gasteiger partial charge in [0.15, 0.2) is 23.6 Å². The van der Waals surface area contributed by atoms with Gasteiger partial charge in [-0.05, 0) is 25.3 Å². The number of nitrogens with two attached hydrogens (primary N) is 1. The molecule has 0 aromatic carbocycles. The molecule has 3 aliphatic carbocycles. The Morgan fingerprint density at radius 2 is 1.97 bits per heavy atom. The van der Waals surface area contributed by atoms with Crippen LogP contribution in [0.15, 0.2) is 33.6 Å². The Bertz CT molecular complexity index is 1140. The lowest BCUT2D eigenvalue weighted by Gasteiger charge is -2.48. The SMILES string of the molecule is CCCC(OC)C1=C(C)C(=O)C2=C(C1=O)C(O)C1C(=C2O)C[C@](O)(C(=O)CO)C[C@@H]1O[C@@H]1C[C@H](N)CC(I)O1. The minimum atomic E-state index is -2.14. The average Bonchev–Trinajstić information content (AvgIpc) is 2.87. The third-order valence-electron chi connectivity index (χ3n) is 8.16. The number of aliphatic hydroxyl groups excluding tert-OH is 3. The van der Waals surface area contributed by atoms with Crippen molar-refractivity contribution in [3.8, 4) is 0 Å². The van der Waals surface area contributed by atoms with Gasteiger partial charge in [-0.3, -0.25) is 14.4 Å². The number of carbonyl (C=O) groups is 3. The second-order valence-electron chi connectivity index (χ2n) is 10.7. The minimum absolute atomic E-state index is 0.00202. The lowest BCUT2D eigenvalue weighted by molar-refractivity contribution is -0.223. The predicted molar refractivity (Wildman–Crippen MR) is 146 cm³/mol. The summed E-state index contributed by atoms with van der Waals surface area (Å²) in [6.45, 7) is 2.42. The molecule has 2 fully saturated rings. The van der Waals surface area contributed by atoms with E-state index in [1.807, 2.05) is 6.92 Å². The zero-order chi connectivity index (χ0) is 28.8. The van der Waals surface area contributed by atoms with Crippen LogP contribution in [0.3, 0.4) is 0 Å². The molecule has 0 amide bonds. The van der Waals surface area contributed by atoms with E-state index < -0.39 is 72.3 Å². The van der Waals surface area contributed by atoms with E-state index in [0.29, 0.717) is 25.7 Å². The second kappa shape index (κ2) is 11.8. The number of rotatable bonds is 8. The van der Waals surface area contributed by atoms with Crippen LogP contribution in [0.2, 0.25) is 0 Å². The first-order valence-electron chi connectivity index (χ1n) is 13.1. The van der Waals surface area contributed by atoms with Gasteiger partial charge in [-0.1, -0.05) is 35.9 Å². The number of halogens is 1. The maximum atomic E-state index is 13.8. The Morgan fingerprint density at radius 1 is 1.28 bits per heavy atom. The van der Waals surface area contributed by atoms with E-state index in [9.17, 15) is 34.8 Å². The van der Waals surface area contributed by atoms with Crippen molar-refractivity contribution < 1.29 is 49.0 Å². The van der Waals surface area contributed by atoms with Crippen LogP contribution in [0.5, 0.6) is 0 Å². The maximum Gasteiger partial charge on any atom is 0.193 e. The number of fused-ring (bicyclic) bond motifs is 1. The number of hydrogen-bond acceptors (Lipinski definition) is 11. The van der Waals surface area contributed by atoms with Gasteiger partial charge < -0.3 is 40.4 Å². The Hall–Kier alpha value is -1.52. The fourth-order valence-electron chi connectivity index (χ4n) is 6.21. The molecule has 1 saturated heterocycles. The smallest absolute Gasteiger partial charge is 0.193 e. The van der Waals surface area contributed by atoms with Crippen molar-refractivity contribution in [1.82, 2.24) is 0 Å². The molecule has 11 nitrogen and oxygen atoms in total. The normalized spacial score (nSPS) is 36.2. The van der Waals surface area contributed by atoms with Crippen molar-refractivity contribution in [2.24, 2.45) is 11.7 Å². The number of carbonyl (C=O) groups excluding carboxylic acids is 3. The fraction of sp³-hybridized carbons (Fsp3) is 0.667. The van der Waals surface area contributed by atoms with E-state index in [-0.39, 0.29) is 44.4 Å². The van der Waals surface area contributed by atoms with E-state index >= 15 is 0 Å². The fourth-order valence-corrected chi connectivity index (χ4v) is 7.19. The second-order valence-corrected chi connectivity index (χ2v) is 12.1. The summed E-state index contributed by atoms with van der Waals surface area (Å²) in [5.74, 6) is -3.80. The van der Waals surface area contributed by atoms with E-state index in [1.165, 1.54) is 14.0 Å². The zero-order valence-electron chi connectivity index (χ0n) is 22.2. The number of Topliss-reactive ketones (excluding diaryl/α,β-unsaturated/α-hetero) is 3. The Morgan fingerprint density at radius 3 is 2.56 bits per heavy atom. The summed E-state index contributed by atoms with van der Waals surface area (Å²) in [7, 11) is 1.44. The molecule has 0 spiro atoms. The van der Waals surface area contributed by atoms with E-state index in [4.69, 9.17) is 19.9 Å². The first-order chi connectivity index (χ1) is 18.4. The third-order valence-corrected chi connectivity index (χ3v) is 8.96. The van der Waals surface area contributed by atoms with Crippen LogP contribution in [0.25, 0.3) is 0 Å². The van der Waals surface area contributed by atoms with Gasteiger partial charge in [-0.25, -0.2) is 0 Å². The standard InChI is InChI=1S/C27H36INO10/c1-4-5-14(37-3)19-11(2)23(32)21-22(25(19)34)26(35)20-13(24(21)33)8-27(36,16(31)10-30)9-15(20)38-18-7-12(29)6-17(28)39-18/h12,14-15,17-18,20,26,30,33,35-36H,4-10,29H2,1-3H3/t12-,14?,15+,17?,18+,20?,26?,27-/m1/s1. The van der Waals surface area contributed by atoms with Gasteiger partial charge >= 0.3 is 0 Å². The van der Waals surface area contributed by atoms with E-state index in [1.54, 1.807) is 0 Å². The van der Waals surface area contributed by atoms with E-state index in [0.717, 1.165) is 0 Å². The molecule has 1 heterocycles. The molecule has 4 rings (SSSR count). The molecule has 0 aromatic rings. The Balaban J connectivity index is 1.81. The van der Waals surface area contributed by atoms with Crippen LogP contribution in [0.1, 0.15) is 52.4 Å². The van der Waals surface area contributed by atoms with Crippen LogP contribution in [0.4, 0.5) is 0 Å². The molecule has 0 aromatic heterocycles. The van der Waals surface area contributed by atoms with Gasteiger partial charge in [0.05, 0.1) is 23.9 Å². The van der Waals surface area contributed by atoms with Crippen molar-refractivity contribution in [3.63, 3.8) is 0 Å². The topological polar surface area (TPSA) is 186 Å². The van der Waals surface area contributed by atoms with Crippen molar-refractivity contribution >= 4 is 39.9 Å². The summed E-state index contributed by atoms with van der Waals surface area (Å²) >= 11 is 2.08. The monoisotopic (exact) mass is 661 g/mol. The number of hydrogen-bond donors (Lipinski definition) is 5. The summed E-state index contributed by atoms with van der Waals surface area (Å²) in [5, 5.41) is 43.9. The Kier molecular flexibility index (Phi) is 9.18. The Labute approximate surface area is 240 Å². The number of allylic oxidation sites excluding steroid dienone is 2. The van der Waals surface area contributed by atoms with Crippen LogP contribution < -0.4 is 5.73 Å². The van der Waals surface area contributed by atoms with Gasteiger partial charge in [0.25, 0.3) is 0 Å². The highest BCUT2D eigenvalue weighted by atomic mass is 127. The third kappa shape index (κ3) is 5.42. The van der Waals surface area contributed by atoms with Crippen LogP contribution in [-0.2, 0) is 28.6 Å². The lowest BCUT2D eigenvalue weighted by Crippen LogP contribution is -2.56. The molecule has 216 valence electrons. The van der Waals surface area contributed by atoms with Gasteiger partial charge in [-0.15, -0.1) is 0 Å². The van der Waals surface area contributed by atoms with Crippen molar-refractivity contribution in [1.29, 1.82) is 0 Å². The minimum Gasteiger partial charge on any atom is -0.507 e. The van der Waals surface area contributed by atoms with Crippen molar-refractivity contribution in [2.75, 3.05) is 13.7 Å². The quantitative estimate of drug-likeness (QED) is 0.142. The van der Waals surface area contributed by atoms with Crippen molar-refractivity contribution in [2.45, 2.75) is 92.7 Å². The summed E-state index contributed by atoms with van der Waals surface area (Å²) < 4.78 is 17.3. The highest BCUT2D eigenvalue weighted by molar-refractivity contribution is 14.1. The molecular formula is C27H36INO10. The molecule has 4 aliphatic rings. The summed E-state index contributed by atoms with van der Waals surface area (Å²) in [4.78, 5) is 40.0. The maximum absolute atomic E-state index is 13.8. The predicted octanol–water partition coefficient (Wildman–Crippen LogP) is 1.07. The molecule has 39 heavy (non-hydrogen) atoms. The highest BCUT2D eigenvalue weighted by Crippen LogP contribution is 2.50. The first kappa shape index (κ1) is 30.4. The van der Waals surface area contributed by atoms with Crippen LogP contribution in [-0.4, -0.2) is 91.8 Å². The summed E-state index contributed by atoms with van der Waals surface area (Å²) in [6, 6.07) is -0.237. The number of ketones is 3. The molecule has 12 heteroatoms. The van der Waals surface area contributed by atoms with Gasteiger partial charge in [0, 0.05) is 55.1 Å². The first-order valence-corrected chi connectivity index (χ1v) is 14.4. The summed E-state index contributed by atoms with van der Waals surface area (Å²) in [5.41, 5.74) is 3.61. The molecular weight excluding hydrogens is 625 g/mol. The zero-order valence-corrected chi connectivity index (χ0v) is 24.3. The van der Waals surface area contributed by atoms with Crippen LogP contribution in [0, 0.1) is 5.92 Å². The molecule has 6 N–H and O–H groups in total. The summed E-state index contributed by atoms with van der Waals surface area (Å²) in [6.07, 6.45) is -2.98. The van der Waals surface area contributed by atoms with Gasteiger partial charge in [0.2, 0.25) is 0 Å². The largest absolute Gasteiger partial charge is 0.507 e. The molecule has 4 unspecified atom stereocenters. The number of aliphatic hydroxyl groups is 4. The van der Waals surface area contributed by atoms with Crippen LogP contribution >= 0.6 is 22.6 Å². The molecule has 1 aliphatic heterocycles. The molecule has 0 radical (unpaired) electrons. The number of alkyl halides is 1. The average molecular weight is 661 g/mol. The lowest BCUT2D eigenvalue weighted by atomic mass is 9.63. The molecule has 0 bridgehead atoms. The van der Waals surface area contributed by atoms with Gasteiger partial charge in [-0.2, -0.15) is 0 Å². The van der Waals surface area contributed by atoms with E-state index in [2.05, 4.69) is 22.6 Å². The molecule has 8 atom stereocenters. The number of methoxy groups -OCH3 is 1.